The predicted molar refractivity (Wildman–Crippen MR) is 79.3 cm³/mol. The van der Waals surface area contributed by atoms with Gasteiger partial charge in [0, 0.05) is 6.61 Å². The van der Waals surface area contributed by atoms with Gasteiger partial charge < -0.3 is 15.2 Å². The smallest absolute Gasteiger partial charge is 0.0740 e. The Kier molecular flexibility index (Phi) is 7.72. The minimum Gasteiger partial charge on any atom is -0.379 e. The molecule has 0 amide bonds. The van der Waals surface area contributed by atoms with Gasteiger partial charge in [-0.25, -0.2) is 0 Å². The van der Waals surface area contributed by atoms with Crippen molar-refractivity contribution in [3.63, 3.8) is 0 Å². The Bertz CT molecular complexity index is 337. The van der Waals surface area contributed by atoms with Crippen LogP contribution in [0.5, 0.6) is 0 Å². The number of ether oxygens (including phenoxy) is 2. The van der Waals surface area contributed by atoms with Crippen molar-refractivity contribution in [2.75, 3.05) is 19.8 Å². The molecule has 2 unspecified atom stereocenters. The highest BCUT2D eigenvalue weighted by Crippen LogP contribution is 2.17. The highest BCUT2D eigenvalue weighted by Gasteiger charge is 2.15. The summed E-state index contributed by atoms with van der Waals surface area (Å²) in [6.07, 6.45) is 2.09. The summed E-state index contributed by atoms with van der Waals surface area (Å²) in [6.45, 7) is 8.29. The molecule has 2 N–H and O–H groups in total. The number of rotatable bonds is 9. The van der Waals surface area contributed by atoms with Crippen molar-refractivity contribution in [1.29, 1.82) is 0 Å². The maximum atomic E-state index is 6.21. The van der Waals surface area contributed by atoms with E-state index in [9.17, 15) is 0 Å². The quantitative estimate of drug-likeness (QED) is 0.698. The molecular formula is C16H27NO2. The van der Waals surface area contributed by atoms with Crippen molar-refractivity contribution in [2.24, 2.45) is 5.73 Å². The Labute approximate surface area is 117 Å². The van der Waals surface area contributed by atoms with Crippen molar-refractivity contribution in [3.05, 3.63) is 35.4 Å². The molecule has 2 atom stereocenters. The Morgan fingerprint density at radius 3 is 2.32 bits per heavy atom. The van der Waals surface area contributed by atoms with Gasteiger partial charge in [-0.15, -0.1) is 0 Å². The van der Waals surface area contributed by atoms with Gasteiger partial charge in [0.05, 0.1) is 25.4 Å². The van der Waals surface area contributed by atoms with E-state index in [0.29, 0.717) is 13.2 Å². The molecule has 0 saturated carbocycles. The standard InChI is InChI=1S/C16H27NO2/c1-4-10-18-11-12-19-13(3)16(17)15-8-6-14(5-2)7-9-15/h6-9,13,16H,4-5,10-12,17H2,1-3H3. The summed E-state index contributed by atoms with van der Waals surface area (Å²) in [5, 5.41) is 0. The fourth-order valence-electron chi connectivity index (χ4n) is 1.89. The van der Waals surface area contributed by atoms with Gasteiger partial charge in [-0.1, -0.05) is 38.1 Å². The van der Waals surface area contributed by atoms with Crippen LogP contribution < -0.4 is 5.73 Å². The molecule has 0 heterocycles. The zero-order valence-electron chi connectivity index (χ0n) is 12.4. The molecule has 1 aromatic rings. The predicted octanol–water partition coefficient (Wildman–Crippen LogP) is 3.08. The lowest BCUT2D eigenvalue weighted by Gasteiger charge is -2.21. The lowest BCUT2D eigenvalue weighted by atomic mass is 10.0. The molecule has 0 spiro atoms. The Morgan fingerprint density at radius 2 is 1.74 bits per heavy atom. The molecule has 0 bridgehead atoms. The van der Waals surface area contributed by atoms with Crippen molar-refractivity contribution < 1.29 is 9.47 Å². The molecule has 108 valence electrons. The highest BCUT2D eigenvalue weighted by atomic mass is 16.5. The van der Waals surface area contributed by atoms with Crippen LogP contribution in [0.15, 0.2) is 24.3 Å². The van der Waals surface area contributed by atoms with Crippen LogP contribution in [0.25, 0.3) is 0 Å². The minimum atomic E-state index is -0.0860. The number of benzene rings is 1. The van der Waals surface area contributed by atoms with Crippen LogP contribution in [0, 0.1) is 0 Å². The molecule has 1 aromatic carbocycles. The van der Waals surface area contributed by atoms with Gasteiger partial charge in [0.1, 0.15) is 0 Å². The maximum Gasteiger partial charge on any atom is 0.0740 e. The van der Waals surface area contributed by atoms with Gasteiger partial charge >= 0.3 is 0 Å². The molecule has 0 aliphatic rings. The van der Waals surface area contributed by atoms with Crippen molar-refractivity contribution in [2.45, 2.75) is 45.8 Å². The van der Waals surface area contributed by atoms with E-state index in [2.05, 4.69) is 38.1 Å². The summed E-state index contributed by atoms with van der Waals surface area (Å²) in [5.74, 6) is 0. The van der Waals surface area contributed by atoms with Gasteiger partial charge in [0.2, 0.25) is 0 Å². The molecule has 0 fully saturated rings. The number of nitrogens with two attached hydrogens (primary N) is 1. The summed E-state index contributed by atoms with van der Waals surface area (Å²) >= 11 is 0. The zero-order chi connectivity index (χ0) is 14.1. The maximum absolute atomic E-state index is 6.21. The first-order valence-electron chi connectivity index (χ1n) is 7.22. The Morgan fingerprint density at radius 1 is 1.05 bits per heavy atom. The fourth-order valence-corrected chi connectivity index (χ4v) is 1.89. The lowest BCUT2D eigenvalue weighted by Crippen LogP contribution is -2.27. The first-order chi connectivity index (χ1) is 9.19. The summed E-state index contributed by atoms with van der Waals surface area (Å²) < 4.78 is 11.1. The molecule has 0 saturated heterocycles. The average Bonchev–Trinajstić information content (AvgIpc) is 2.46. The van der Waals surface area contributed by atoms with Crippen LogP contribution in [-0.4, -0.2) is 25.9 Å². The number of hydrogen-bond donors (Lipinski definition) is 1. The van der Waals surface area contributed by atoms with Crippen molar-refractivity contribution >= 4 is 0 Å². The third-order valence-electron chi connectivity index (χ3n) is 3.24. The molecule has 3 heteroatoms. The Balaban J connectivity index is 2.36. The van der Waals surface area contributed by atoms with E-state index >= 15 is 0 Å². The number of hydrogen-bond acceptors (Lipinski definition) is 3. The first kappa shape index (κ1) is 16.2. The first-order valence-corrected chi connectivity index (χ1v) is 7.22. The zero-order valence-corrected chi connectivity index (χ0v) is 12.4. The third-order valence-corrected chi connectivity index (χ3v) is 3.24. The van der Waals surface area contributed by atoms with Gasteiger partial charge in [0.15, 0.2) is 0 Å². The fraction of sp³-hybridized carbons (Fsp3) is 0.625. The summed E-state index contributed by atoms with van der Waals surface area (Å²) in [5.41, 5.74) is 8.66. The normalized spacial score (nSPS) is 14.3. The molecule has 0 aliphatic carbocycles. The Hall–Kier alpha value is -0.900. The molecule has 1 rings (SSSR count). The number of aryl methyl sites for hydroxylation is 1. The second-order valence-electron chi connectivity index (χ2n) is 4.81. The summed E-state index contributed by atoms with van der Waals surface area (Å²) in [6, 6.07) is 8.36. The second-order valence-corrected chi connectivity index (χ2v) is 4.81. The van der Waals surface area contributed by atoms with Gasteiger partial charge in [-0.05, 0) is 30.9 Å². The van der Waals surface area contributed by atoms with Crippen LogP contribution in [0.3, 0.4) is 0 Å². The molecular weight excluding hydrogens is 238 g/mol. The molecule has 3 nitrogen and oxygen atoms in total. The van der Waals surface area contributed by atoms with E-state index in [1.807, 2.05) is 6.92 Å². The molecule has 0 aromatic heterocycles. The second kappa shape index (κ2) is 9.08. The van der Waals surface area contributed by atoms with E-state index in [1.165, 1.54) is 5.56 Å². The topological polar surface area (TPSA) is 44.5 Å². The molecule has 19 heavy (non-hydrogen) atoms. The summed E-state index contributed by atoms with van der Waals surface area (Å²) in [4.78, 5) is 0. The van der Waals surface area contributed by atoms with E-state index in [1.54, 1.807) is 0 Å². The molecule has 0 aliphatic heterocycles. The van der Waals surface area contributed by atoms with E-state index in [-0.39, 0.29) is 12.1 Å². The van der Waals surface area contributed by atoms with E-state index < -0.39 is 0 Å². The van der Waals surface area contributed by atoms with Gasteiger partial charge in [-0.2, -0.15) is 0 Å². The third kappa shape index (κ3) is 5.72. The highest BCUT2D eigenvalue weighted by molar-refractivity contribution is 5.25. The van der Waals surface area contributed by atoms with Crippen LogP contribution in [0.1, 0.15) is 44.4 Å². The largest absolute Gasteiger partial charge is 0.379 e. The van der Waals surface area contributed by atoms with Crippen LogP contribution in [0.4, 0.5) is 0 Å². The van der Waals surface area contributed by atoms with Gasteiger partial charge in [-0.3, -0.25) is 0 Å². The average molecular weight is 265 g/mol. The van der Waals surface area contributed by atoms with E-state index in [0.717, 1.165) is 25.0 Å². The van der Waals surface area contributed by atoms with Crippen molar-refractivity contribution in [1.82, 2.24) is 0 Å². The minimum absolute atomic E-state index is 0.00213. The van der Waals surface area contributed by atoms with E-state index in [4.69, 9.17) is 15.2 Å². The van der Waals surface area contributed by atoms with Gasteiger partial charge in [0.25, 0.3) is 0 Å². The monoisotopic (exact) mass is 265 g/mol. The van der Waals surface area contributed by atoms with Crippen LogP contribution >= 0.6 is 0 Å². The lowest BCUT2D eigenvalue weighted by molar-refractivity contribution is 0.00214. The van der Waals surface area contributed by atoms with Crippen LogP contribution in [0.2, 0.25) is 0 Å². The molecule has 0 radical (unpaired) electrons. The van der Waals surface area contributed by atoms with Crippen LogP contribution in [-0.2, 0) is 15.9 Å². The SMILES string of the molecule is CCCOCCOC(C)C(N)c1ccc(CC)cc1. The van der Waals surface area contributed by atoms with Crippen molar-refractivity contribution in [3.8, 4) is 0 Å². The summed E-state index contributed by atoms with van der Waals surface area (Å²) in [7, 11) is 0.